The molecular formula is C23H23N5O4. The van der Waals surface area contributed by atoms with Crippen molar-refractivity contribution in [2.45, 2.75) is 6.92 Å². The quantitative estimate of drug-likeness (QED) is 0.405. The summed E-state index contributed by atoms with van der Waals surface area (Å²) in [7, 11) is 3.03. The highest BCUT2D eigenvalue weighted by Crippen LogP contribution is 2.31. The van der Waals surface area contributed by atoms with Gasteiger partial charge in [0, 0.05) is 29.2 Å². The van der Waals surface area contributed by atoms with Gasteiger partial charge in [0.2, 0.25) is 5.96 Å². The van der Waals surface area contributed by atoms with Crippen molar-refractivity contribution in [3.8, 4) is 11.5 Å². The summed E-state index contributed by atoms with van der Waals surface area (Å²) >= 11 is 0. The third-order valence-electron chi connectivity index (χ3n) is 4.46. The molecule has 9 heteroatoms. The predicted molar refractivity (Wildman–Crippen MR) is 122 cm³/mol. The largest absolute Gasteiger partial charge is 0.493 e. The van der Waals surface area contributed by atoms with Gasteiger partial charge in [0.05, 0.1) is 19.9 Å². The molecule has 3 aromatic rings. The van der Waals surface area contributed by atoms with E-state index in [-0.39, 0.29) is 11.9 Å². The van der Waals surface area contributed by atoms with Gasteiger partial charge in [-0.3, -0.25) is 19.9 Å². The van der Waals surface area contributed by atoms with Crippen LogP contribution in [-0.2, 0) is 0 Å². The van der Waals surface area contributed by atoms with Gasteiger partial charge >= 0.3 is 0 Å². The number of amides is 2. The number of carbonyl (C=O) groups excluding carboxylic acids is 2. The molecule has 9 nitrogen and oxygen atoms in total. The number of carbonyl (C=O) groups is 2. The molecule has 0 fully saturated rings. The Kier molecular flexibility index (Phi) is 7.02. The van der Waals surface area contributed by atoms with Crippen LogP contribution in [-0.4, -0.2) is 37.0 Å². The van der Waals surface area contributed by atoms with Crippen molar-refractivity contribution in [1.29, 1.82) is 0 Å². The number of pyridine rings is 1. The van der Waals surface area contributed by atoms with Crippen LogP contribution in [0.1, 0.15) is 26.3 Å². The van der Waals surface area contributed by atoms with Crippen molar-refractivity contribution in [1.82, 2.24) is 10.3 Å². The molecule has 3 rings (SSSR count). The van der Waals surface area contributed by atoms with Gasteiger partial charge in [-0.2, -0.15) is 0 Å². The van der Waals surface area contributed by atoms with Crippen LogP contribution in [0.25, 0.3) is 0 Å². The molecule has 0 saturated carbocycles. The normalized spacial score (nSPS) is 10.9. The van der Waals surface area contributed by atoms with Crippen LogP contribution in [0.2, 0.25) is 0 Å². The van der Waals surface area contributed by atoms with E-state index in [4.69, 9.17) is 15.2 Å². The Morgan fingerprint density at radius 3 is 2.41 bits per heavy atom. The van der Waals surface area contributed by atoms with Gasteiger partial charge in [-0.05, 0) is 55.0 Å². The first-order valence-corrected chi connectivity index (χ1v) is 9.61. The van der Waals surface area contributed by atoms with E-state index in [0.717, 1.165) is 5.56 Å². The molecule has 164 valence electrons. The fourth-order valence-electron chi connectivity index (χ4n) is 3.00. The Morgan fingerprint density at radius 1 is 0.969 bits per heavy atom. The second kappa shape index (κ2) is 10.1. The number of nitrogens with one attached hydrogen (secondary N) is 2. The highest BCUT2D eigenvalue weighted by molar-refractivity contribution is 6.06. The maximum atomic E-state index is 12.6. The minimum Gasteiger partial charge on any atom is -0.493 e. The van der Waals surface area contributed by atoms with Gasteiger partial charge in [0.25, 0.3) is 11.8 Å². The zero-order chi connectivity index (χ0) is 23.1. The van der Waals surface area contributed by atoms with Gasteiger partial charge in [0.15, 0.2) is 11.5 Å². The van der Waals surface area contributed by atoms with Crippen molar-refractivity contribution < 1.29 is 19.1 Å². The smallest absolute Gasteiger partial charge is 0.258 e. The topological polar surface area (TPSA) is 128 Å². The minimum atomic E-state index is -0.447. The van der Waals surface area contributed by atoms with Gasteiger partial charge in [-0.1, -0.05) is 6.07 Å². The van der Waals surface area contributed by atoms with E-state index in [0.29, 0.717) is 34.0 Å². The predicted octanol–water partition coefficient (Wildman–Crippen LogP) is 3.04. The molecular weight excluding hydrogens is 410 g/mol. The van der Waals surface area contributed by atoms with Crippen LogP contribution in [0.5, 0.6) is 11.5 Å². The standard InChI is InChI=1S/C23H23N5O4/c1-14-11-16(12-19(31-2)20(14)32-3)22(30)28-23(24)27-18-6-4-5-17(13-18)26-21(29)15-7-9-25-10-8-15/h4-13H,1-3H3,(H,26,29)(H3,24,27,28,30). The number of nitrogens with two attached hydrogens (primary N) is 1. The number of ether oxygens (including phenoxy) is 2. The molecule has 0 aliphatic heterocycles. The van der Waals surface area contributed by atoms with E-state index in [9.17, 15) is 9.59 Å². The summed E-state index contributed by atoms with van der Waals surface area (Å²) in [5, 5.41) is 5.32. The molecule has 0 saturated heterocycles. The Morgan fingerprint density at radius 2 is 1.72 bits per heavy atom. The van der Waals surface area contributed by atoms with Gasteiger partial charge in [0.1, 0.15) is 0 Å². The van der Waals surface area contributed by atoms with E-state index in [1.807, 2.05) is 0 Å². The lowest BCUT2D eigenvalue weighted by Crippen LogP contribution is -2.36. The first-order chi connectivity index (χ1) is 15.4. The summed E-state index contributed by atoms with van der Waals surface area (Å²) in [5.41, 5.74) is 8.47. The molecule has 0 aliphatic rings. The zero-order valence-electron chi connectivity index (χ0n) is 17.9. The number of anilines is 1. The first kappa shape index (κ1) is 22.3. The van der Waals surface area contributed by atoms with E-state index < -0.39 is 5.91 Å². The molecule has 2 amide bonds. The Balaban J connectivity index is 1.72. The molecule has 32 heavy (non-hydrogen) atoms. The van der Waals surface area contributed by atoms with Crippen molar-refractivity contribution in [3.05, 3.63) is 77.6 Å². The summed E-state index contributed by atoms with van der Waals surface area (Å²) in [5.74, 6) is 0.165. The fraction of sp³-hybridized carbons (Fsp3) is 0.130. The van der Waals surface area contributed by atoms with Crippen molar-refractivity contribution in [2.24, 2.45) is 10.7 Å². The Labute approximate surface area is 185 Å². The highest BCUT2D eigenvalue weighted by Gasteiger charge is 2.15. The molecule has 1 heterocycles. The SMILES string of the molecule is COc1cc(C(=O)NC(N)=Nc2cccc(NC(=O)c3ccncc3)c2)cc(C)c1OC. The molecule has 1 aromatic heterocycles. The van der Waals surface area contributed by atoms with E-state index in [2.05, 4.69) is 20.6 Å². The third kappa shape index (κ3) is 5.39. The summed E-state index contributed by atoms with van der Waals surface area (Å²) in [6, 6.07) is 13.2. The molecule has 0 atom stereocenters. The first-order valence-electron chi connectivity index (χ1n) is 9.61. The number of aliphatic imine (C=N–C) groups is 1. The van der Waals surface area contributed by atoms with E-state index in [1.54, 1.807) is 67.8 Å². The third-order valence-corrected chi connectivity index (χ3v) is 4.46. The number of guanidine groups is 1. The highest BCUT2D eigenvalue weighted by atomic mass is 16.5. The number of aryl methyl sites for hydroxylation is 1. The van der Waals surface area contributed by atoms with Crippen LogP contribution >= 0.6 is 0 Å². The Bertz CT molecular complexity index is 1160. The van der Waals surface area contributed by atoms with Crippen molar-refractivity contribution in [3.63, 3.8) is 0 Å². The summed E-state index contributed by atoms with van der Waals surface area (Å²) in [6.07, 6.45) is 3.08. The number of hydrogen-bond donors (Lipinski definition) is 3. The van der Waals surface area contributed by atoms with Crippen LogP contribution in [0.4, 0.5) is 11.4 Å². The van der Waals surface area contributed by atoms with Crippen LogP contribution < -0.4 is 25.8 Å². The fourth-order valence-corrected chi connectivity index (χ4v) is 3.00. The molecule has 0 unspecified atom stereocenters. The van der Waals surface area contributed by atoms with Gasteiger partial charge in [-0.25, -0.2) is 4.99 Å². The van der Waals surface area contributed by atoms with Crippen LogP contribution in [0, 0.1) is 6.92 Å². The number of hydrogen-bond acceptors (Lipinski definition) is 6. The van der Waals surface area contributed by atoms with E-state index in [1.165, 1.54) is 14.2 Å². The minimum absolute atomic E-state index is 0.0972. The maximum Gasteiger partial charge on any atom is 0.258 e. The number of rotatable bonds is 6. The molecule has 0 radical (unpaired) electrons. The number of nitrogens with zero attached hydrogens (tertiary/aromatic N) is 2. The lowest BCUT2D eigenvalue weighted by atomic mass is 10.1. The number of methoxy groups -OCH3 is 2. The Hall–Kier alpha value is -4.40. The summed E-state index contributed by atoms with van der Waals surface area (Å²) < 4.78 is 10.6. The summed E-state index contributed by atoms with van der Waals surface area (Å²) in [6.45, 7) is 1.81. The van der Waals surface area contributed by atoms with Gasteiger partial charge < -0.3 is 20.5 Å². The molecule has 0 spiro atoms. The zero-order valence-corrected chi connectivity index (χ0v) is 17.9. The lowest BCUT2D eigenvalue weighted by molar-refractivity contribution is 0.0974. The van der Waals surface area contributed by atoms with E-state index >= 15 is 0 Å². The van der Waals surface area contributed by atoms with Crippen LogP contribution in [0.3, 0.4) is 0 Å². The monoisotopic (exact) mass is 433 g/mol. The maximum absolute atomic E-state index is 12.6. The average Bonchev–Trinajstić information content (AvgIpc) is 2.79. The molecule has 2 aromatic carbocycles. The number of benzene rings is 2. The molecule has 0 bridgehead atoms. The summed E-state index contributed by atoms with van der Waals surface area (Å²) in [4.78, 5) is 33.0. The van der Waals surface area contributed by atoms with Crippen LogP contribution in [0.15, 0.2) is 65.9 Å². The average molecular weight is 433 g/mol. The lowest BCUT2D eigenvalue weighted by Gasteiger charge is -2.13. The molecule has 4 N–H and O–H groups in total. The van der Waals surface area contributed by atoms with Gasteiger partial charge in [-0.15, -0.1) is 0 Å². The van der Waals surface area contributed by atoms with Crippen molar-refractivity contribution in [2.75, 3.05) is 19.5 Å². The second-order valence-corrected chi connectivity index (χ2v) is 6.72. The number of aromatic nitrogens is 1. The second-order valence-electron chi connectivity index (χ2n) is 6.72. The molecule has 0 aliphatic carbocycles. The van der Waals surface area contributed by atoms with Crippen molar-refractivity contribution >= 4 is 29.1 Å².